The Morgan fingerprint density at radius 3 is 2.64 bits per heavy atom. The van der Waals surface area contributed by atoms with Crippen molar-refractivity contribution in [2.75, 3.05) is 11.9 Å². The Bertz CT molecular complexity index is 853. The van der Waals surface area contributed by atoms with Gasteiger partial charge in [-0.25, -0.2) is 14.3 Å². The van der Waals surface area contributed by atoms with E-state index in [9.17, 15) is 14.9 Å². The van der Waals surface area contributed by atoms with Crippen LogP contribution < -0.4 is 10.6 Å². The minimum atomic E-state index is -1.86. The molecule has 0 aliphatic rings. The van der Waals surface area contributed by atoms with E-state index in [0.29, 0.717) is 11.5 Å². The van der Waals surface area contributed by atoms with Gasteiger partial charge in [-0.15, -0.1) is 0 Å². The van der Waals surface area contributed by atoms with Crippen LogP contribution in [0, 0.1) is 24.0 Å². The van der Waals surface area contributed by atoms with Crippen LogP contribution in [0.1, 0.15) is 11.4 Å². The molecule has 0 bridgehead atoms. The molecule has 12 heteroatoms. The van der Waals surface area contributed by atoms with E-state index in [1.807, 2.05) is 19.1 Å². The first-order valence-electron chi connectivity index (χ1n) is 8.08. The Morgan fingerprint density at radius 2 is 2.04 bits per heavy atom. The fraction of sp³-hybridized carbons (Fsp3) is 0.375. The maximum atomic E-state index is 12.1. The number of alkyl carbamates (subject to hydrolysis) is 1. The third kappa shape index (κ3) is 5.88. The van der Waals surface area contributed by atoms with Crippen molar-refractivity contribution in [3.8, 4) is 0 Å². The van der Waals surface area contributed by atoms with Gasteiger partial charge in [-0.05, 0) is 23.5 Å². The molecule has 2 N–H and O–H groups in total. The van der Waals surface area contributed by atoms with Crippen molar-refractivity contribution >= 4 is 52.4 Å². The summed E-state index contributed by atoms with van der Waals surface area (Å²) < 4.78 is 4.53. The zero-order valence-corrected chi connectivity index (χ0v) is 17.3. The van der Waals surface area contributed by atoms with Gasteiger partial charge < -0.3 is 20.2 Å². The first-order chi connectivity index (χ1) is 13.1. The molecular weight excluding hydrogens is 433 g/mol. The second-order valence-electron chi connectivity index (χ2n) is 5.79. The standard InChI is InChI=1S/C16H18Cl3N5O4/c1-10-5-3-4-6-12(10)21-14(16(17,18)19)22-15(25)28-8-7-23-11(2)20-9-13(23)24(26)27/h3-6,9,14,21H,7-8H2,1-2H3,(H,22,25)/t14-/m1/s1. The van der Waals surface area contributed by atoms with Gasteiger partial charge in [0.05, 0.1) is 0 Å². The van der Waals surface area contributed by atoms with Gasteiger partial charge in [-0.3, -0.25) is 5.32 Å². The van der Waals surface area contributed by atoms with Gasteiger partial charge in [0.25, 0.3) is 0 Å². The van der Waals surface area contributed by atoms with E-state index in [2.05, 4.69) is 15.6 Å². The Kier molecular flexibility index (Phi) is 7.34. The van der Waals surface area contributed by atoms with Crippen LogP contribution in [-0.2, 0) is 11.3 Å². The van der Waals surface area contributed by atoms with Gasteiger partial charge in [0, 0.05) is 12.6 Å². The minimum absolute atomic E-state index is 0.0548. The maximum absolute atomic E-state index is 12.1. The van der Waals surface area contributed by atoms with Crippen LogP contribution >= 0.6 is 34.8 Å². The summed E-state index contributed by atoms with van der Waals surface area (Å²) >= 11 is 17.8. The molecule has 0 spiro atoms. The molecule has 28 heavy (non-hydrogen) atoms. The number of nitrogens with zero attached hydrogens (tertiary/aromatic N) is 3. The molecule has 2 rings (SSSR count). The van der Waals surface area contributed by atoms with Crippen LogP contribution in [0.5, 0.6) is 0 Å². The summed E-state index contributed by atoms with van der Waals surface area (Å²) in [6, 6.07) is 7.27. The summed E-state index contributed by atoms with van der Waals surface area (Å²) in [7, 11) is 0. The first kappa shape index (κ1) is 22.1. The normalized spacial score (nSPS) is 12.3. The quantitative estimate of drug-likeness (QED) is 0.286. The number of imidazole rings is 1. The van der Waals surface area contributed by atoms with Crippen molar-refractivity contribution in [3.05, 3.63) is 52.0 Å². The Labute approximate surface area is 176 Å². The lowest BCUT2D eigenvalue weighted by atomic mass is 10.2. The molecule has 0 radical (unpaired) electrons. The number of rotatable bonds is 7. The van der Waals surface area contributed by atoms with Crippen LogP contribution in [0.2, 0.25) is 0 Å². The summed E-state index contributed by atoms with van der Waals surface area (Å²) in [5.74, 6) is 0.234. The number of benzene rings is 1. The molecule has 1 atom stereocenters. The monoisotopic (exact) mass is 449 g/mol. The third-order valence-corrected chi connectivity index (χ3v) is 4.46. The smallest absolute Gasteiger partial charge is 0.409 e. The number of carbonyl (C=O) groups excluding carboxylic acids is 1. The lowest BCUT2D eigenvalue weighted by molar-refractivity contribution is -0.392. The van der Waals surface area contributed by atoms with Crippen LogP contribution in [-0.4, -0.2) is 37.1 Å². The van der Waals surface area contributed by atoms with E-state index in [1.54, 1.807) is 19.1 Å². The number of ether oxygens (including phenoxy) is 1. The maximum Gasteiger partial charge on any atom is 0.409 e. The van der Waals surface area contributed by atoms with E-state index < -0.39 is 21.0 Å². The summed E-state index contributed by atoms with van der Waals surface area (Å²) in [5.41, 5.74) is 1.56. The van der Waals surface area contributed by atoms with Crippen molar-refractivity contribution in [2.24, 2.45) is 0 Å². The van der Waals surface area contributed by atoms with Crippen LogP contribution in [0.3, 0.4) is 0 Å². The van der Waals surface area contributed by atoms with Crippen molar-refractivity contribution in [1.29, 1.82) is 0 Å². The highest BCUT2D eigenvalue weighted by atomic mass is 35.6. The summed E-state index contributed by atoms with van der Waals surface area (Å²) in [6.07, 6.45) is -0.784. The van der Waals surface area contributed by atoms with Crippen LogP contribution in [0.4, 0.5) is 16.3 Å². The summed E-state index contributed by atoms with van der Waals surface area (Å²) in [5, 5.41) is 16.3. The van der Waals surface area contributed by atoms with E-state index in [0.717, 1.165) is 11.8 Å². The van der Waals surface area contributed by atoms with Crippen molar-refractivity contribution < 1.29 is 14.5 Å². The minimum Gasteiger partial charge on any atom is -0.445 e. The molecule has 0 unspecified atom stereocenters. The number of para-hydroxylation sites is 1. The zero-order valence-electron chi connectivity index (χ0n) is 15.0. The number of nitrogens with one attached hydrogen (secondary N) is 2. The van der Waals surface area contributed by atoms with E-state index >= 15 is 0 Å². The Balaban J connectivity index is 1.96. The number of hydrogen-bond acceptors (Lipinski definition) is 6. The van der Waals surface area contributed by atoms with Gasteiger partial charge in [0.2, 0.25) is 3.79 Å². The van der Waals surface area contributed by atoms with Crippen molar-refractivity contribution in [3.63, 3.8) is 0 Å². The molecule has 1 aromatic heterocycles. The first-order valence-corrected chi connectivity index (χ1v) is 9.21. The predicted octanol–water partition coefficient (Wildman–Crippen LogP) is 3.94. The highest BCUT2D eigenvalue weighted by Gasteiger charge is 2.34. The average molecular weight is 451 g/mol. The molecule has 9 nitrogen and oxygen atoms in total. The molecule has 0 fully saturated rings. The van der Waals surface area contributed by atoms with E-state index in [1.165, 1.54) is 4.57 Å². The molecule has 1 aromatic carbocycles. The van der Waals surface area contributed by atoms with Crippen LogP contribution in [0.25, 0.3) is 0 Å². The number of carbonyl (C=O) groups is 1. The van der Waals surface area contributed by atoms with Gasteiger partial charge in [0.1, 0.15) is 25.5 Å². The number of alkyl halides is 3. The predicted molar refractivity (Wildman–Crippen MR) is 107 cm³/mol. The van der Waals surface area contributed by atoms with Gasteiger partial charge in [-0.1, -0.05) is 53.0 Å². The SMILES string of the molecule is Cc1ccccc1N[C@H](NC(=O)OCCn1c([N+](=O)[O-])cnc1C)C(Cl)(Cl)Cl. The Morgan fingerprint density at radius 1 is 1.36 bits per heavy atom. The topological polar surface area (TPSA) is 111 Å². The molecule has 2 aromatic rings. The number of aromatic nitrogens is 2. The van der Waals surface area contributed by atoms with Crippen molar-refractivity contribution in [1.82, 2.24) is 14.9 Å². The zero-order chi connectivity index (χ0) is 20.9. The fourth-order valence-corrected chi connectivity index (χ4v) is 2.68. The van der Waals surface area contributed by atoms with Gasteiger partial charge >= 0.3 is 11.9 Å². The number of nitro groups is 1. The van der Waals surface area contributed by atoms with E-state index in [-0.39, 0.29) is 19.0 Å². The second kappa shape index (κ2) is 9.31. The third-order valence-electron chi connectivity index (χ3n) is 3.80. The molecule has 1 heterocycles. The average Bonchev–Trinajstić information content (AvgIpc) is 2.96. The molecule has 1 amide bonds. The molecular formula is C16H18Cl3N5O4. The number of anilines is 1. The van der Waals surface area contributed by atoms with Crippen LogP contribution in [0.15, 0.2) is 30.5 Å². The molecule has 0 aliphatic heterocycles. The second-order valence-corrected chi connectivity index (χ2v) is 8.16. The molecule has 152 valence electrons. The molecule has 0 aliphatic carbocycles. The highest BCUT2D eigenvalue weighted by molar-refractivity contribution is 6.68. The van der Waals surface area contributed by atoms with Gasteiger partial charge in [-0.2, -0.15) is 0 Å². The number of amides is 1. The number of aryl methyl sites for hydroxylation is 2. The lowest BCUT2D eigenvalue weighted by Crippen LogP contribution is -2.49. The lowest BCUT2D eigenvalue weighted by Gasteiger charge is -2.27. The highest BCUT2D eigenvalue weighted by Crippen LogP contribution is 2.31. The fourth-order valence-electron chi connectivity index (χ4n) is 2.36. The Hall–Kier alpha value is -2.23. The molecule has 0 saturated heterocycles. The van der Waals surface area contributed by atoms with Gasteiger partial charge in [0.15, 0.2) is 5.82 Å². The largest absolute Gasteiger partial charge is 0.445 e. The number of halogens is 3. The summed E-state index contributed by atoms with van der Waals surface area (Å²) in [6.45, 7) is 3.38. The molecule has 0 saturated carbocycles. The van der Waals surface area contributed by atoms with Crippen molar-refractivity contribution in [2.45, 2.75) is 30.4 Å². The summed E-state index contributed by atoms with van der Waals surface area (Å²) in [4.78, 5) is 26.4. The van der Waals surface area contributed by atoms with E-state index in [4.69, 9.17) is 39.5 Å². The number of hydrogen-bond donors (Lipinski definition) is 2.